The van der Waals surface area contributed by atoms with Crippen molar-refractivity contribution in [1.82, 2.24) is 15.3 Å². The molecule has 5 N–H and O–H groups in total. The lowest BCUT2D eigenvalue weighted by Crippen LogP contribution is -2.30. The molecular weight excluding hydrogens is 550 g/mol. The van der Waals surface area contributed by atoms with Crippen LogP contribution in [-0.4, -0.2) is 54.6 Å². The summed E-state index contributed by atoms with van der Waals surface area (Å²) in [6, 6.07) is 7.57. The topological polar surface area (TPSA) is 157 Å². The minimum Gasteiger partial charge on any atom is -0.393 e. The summed E-state index contributed by atoms with van der Waals surface area (Å²) in [6.45, 7) is 2.62. The third-order valence-electron chi connectivity index (χ3n) is 7.05. The van der Waals surface area contributed by atoms with Crippen molar-refractivity contribution in [3.63, 3.8) is 0 Å². The molecular formula is C25H28ClN5O5S2. The van der Waals surface area contributed by atoms with Crippen LogP contribution in [0, 0.1) is 12.8 Å². The molecule has 1 saturated carbocycles. The van der Waals surface area contributed by atoms with Crippen molar-refractivity contribution >= 4 is 44.8 Å². The lowest BCUT2D eigenvalue weighted by Gasteiger charge is -2.27. The van der Waals surface area contributed by atoms with Crippen LogP contribution in [-0.2, 0) is 20.9 Å². The normalized spacial score (nSPS) is 23.3. The highest BCUT2D eigenvalue weighted by molar-refractivity contribution is 7.84. The predicted octanol–water partition coefficient (Wildman–Crippen LogP) is 2.74. The number of aryl methyl sites for hydroxylation is 1. The minimum atomic E-state index is -4.10. The summed E-state index contributed by atoms with van der Waals surface area (Å²) in [7, 11) is -4.10. The van der Waals surface area contributed by atoms with Crippen LogP contribution < -0.4 is 15.8 Å². The second-order valence-corrected chi connectivity index (χ2v) is 12.5. The number of hydrogen-bond donors (Lipinski definition) is 4. The van der Waals surface area contributed by atoms with Gasteiger partial charge in [-0.05, 0) is 61.1 Å². The summed E-state index contributed by atoms with van der Waals surface area (Å²) >= 11 is 7.71. The van der Waals surface area contributed by atoms with Crippen molar-refractivity contribution < 1.29 is 22.5 Å². The number of anilines is 1. The summed E-state index contributed by atoms with van der Waals surface area (Å²) in [6.07, 6.45) is 3.73. The molecule has 3 heterocycles. The van der Waals surface area contributed by atoms with Gasteiger partial charge in [0.25, 0.3) is 0 Å². The van der Waals surface area contributed by atoms with Gasteiger partial charge in [-0.15, -0.1) is 11.3 Å². The molecule has 1 fully saturated rings. The van der Waals surface area contributed by atoms with Gasteiger partial charge in [-0.2, -0.15) is 8.42 Å². The molecule has 0 bridgehead atoms. The Kier molecular flexibility index (Phi) is 7.83. The Morgan fingerprint density at radius 1 is 1.32 bits per heavy atom. The summed E-state index contributed by atoms with van der Waals surface area (Å²) in [4.78, 5) is 23.6. The molecule has 0 radical (unpaired) electrons. The molecule has 1 aliphatic heterocycles. The van der Waals surface area contributed by atoms with Crippen LogP contribution in [0.25, 0.3) is 0 Å². The maximum atomic E-state index is 13.6. The van der Waals surface area contributed by atoms with Crippen molar-refractivity contribution in [3.8, 4) is 0 Å². The van der Waals surface area contributed by atoms with E-state index in [4.69, 9.17) is 16.7 Å². The number of hydrogen-bond acceptors (Lipinski definition) is 10. The lowest BCUT2D eigenvalue weighted by atomic mass is 9.90. The van der Waals surface area contributed by atoms with E-state index in [0.717, 1.165) is 29.0 Å². The molecule has 1 aromatic carbocycles. The Labute approximate surface area is 229 Å². The number of thiophene rings is 1. The molecule has 5 rings (SSSR count). The number of nitrogens with two attached hydrogens (primary N) is 1. The Morgan fingerprint density at radius 3 is 2.92 bits per heavy atom. The number of nitrogens with one attached hydrogen (secondary N) is 2. The van der Waals surface area contributed by atoms with Gasteiger partial charge in [0.1, 0.15) is 12.1 Å². The number of ketones is 1. The number of carbonyl (C=O) groups excluding carboxylic acids is 1. The maximum Gasteiger partial charge on any atom is 0.333 e. The average Bonchev–Trinajstić information content (AvgIpc) is 3.43. The third-order valence-corrected chi connectivity index (χ3v) is 8.82. The molecule has 1 aliphatic carbocycles. The number of halogens is 1. The molecule has 202 valence electrons. The van der Waals surface area contributed by atoms with Crippen LogP contribution in [0.1, 0.15) is 55.7 Å². The smallest absolute Gasteiger partial charge is 0.333 e. The summed E-state index contributed by atoms with van der Waals surface area (Å²) in [5.74, 6) is -0.272. The monoisotopic (exact) mass is 577 g/mol. The Balaban J connectivity index is 1.35. The van der Waals surface area contributed by atoms with Gasteiger partial charge in [-0.1, -0.05) is 17.7 Å². The van der Waals surface area contributed by atoms with Gasteiger partial charge in [-0.3, -0.25) is 8.98 Å². The molecule has 13 heteroatoms. The van der Waals surface area contributed by atoms with E-state index in [-0.39, 0.29) is 24.5 Å². The fourth-order valence-electron chi connectivity index (χ4n) is 5.21. The first-order valence-electron chi connectivity index (χ1n) is 12.2. The minimum absolute atomic E-state index is 0.0590. The van der Waals surface area contributed by atoms with E-state index in [1.165, 1.54) is 29.4 Å². The van der Waals surface area contributed by atoms with Gasteiger partial charge in [0.15, 0.2) is 0 Å². The summed E-state index contributed by atoms with van der Waals surface area (Å²) in [5.41, 5.74) is 3.71. The number of aliphatic hydroxyl groups is 1. The van der Waals surface area contributed by atoms with E-state index >= 15 is 0 Å². The predicted molar refractivity (Wildman–Crippen MR) is 145 cm³/mol. The molecule has 38 heavy (non-hydrogen) atoms. The van der Waals surface area contributed by atoms with E-state index in [2.05, 4.69) is 30.9 Å². The largest absolute Gasteiger partial charge is 0.393 e. The second kappa shape index (κ2) is 11.0. The highest BCUT2D eigenvalue weighted by atomic mass is 35.5. The highest BCUT2D eigenvalue weighted by Crippen LogP contribution is 2.37. The maximum absolute atomic E-state index is 13.6. The fourth-order valence-corrected chi connectivity index (χ4v) is 6.77. The fraction of sp³-hybridized carbons (Fsp3) is 0.400. The van der Waals surface area contributed by atoms with E-state index in [9.17, 15) is 18.3 Å². The Bertz CT molecular complexity index is 1460. The molecule has 0 spiro atoms. The molecule has 2 aromatic heterocycles. The number of fused-ring (bicyclic) bond motifs is 1. The average molecular weight is 578 g/mol. The van der Waals surface area contributed by atoms with Crippen molar-refractivity contribution in [2.45, 2.75) is 44.4 Å². The van der Waals surface area contributed by atoms with Crippen LogP contribution >= 0.6 is 22.9 Å². The molecule has 2 aliphatic rings. The van der Waals surface area contributed by atoms with Crippen molar-refractivity contribution in [1.29, 1.82) is 0 Å². The quantitative estimate of drug-likeness (QED) is 0.295. The van der Waals surface area contributed by atoms with Crippen LogP contribution in [0.2, 0.25) is 5.02 Å². The zero-order chi connectivity index (χ0) is 27.0. The van der Waals surface area contributed by atoms with Crippen LogP contribution in [0.4, 0.5) is 5.82 Å². The Hall–Kier alpha value is -2.45. The summed E-state index contributed by atoms with van der Waals surface area (Å²) < 4.78 is 26.9. The van der Waals surface area contributed by atoms with E-state index in [1.807, 2.05) is 25.1 Å². The van der Waals surface area contributed by atoms with Gasteiger partial charge in [0.2, 0.25) is 5.78 Å². The SMILES string of the molecule is Cc1sc(C(=O)c2cncnc2N[C@@H]2C[C@H](COS(N)(=O)=O)[C@@H](O)C2)cc1C1NCCc2ccc(Cl)cc21. The number of aromatic nitrogens is 2. The van der Waals surface area contributed by atoms with Gasteiger partial charge < -0.3 is 15.7 Å². The van der Waals surface area contributed by atoms with Crippen LogP contribution in [0.3, 0.4) is 0 Å². The molecule has 3 aromatic rings. The van der Waals surface area contributed by atoms with Gasteiger partial charge in [-0.25, -0.2) is 15.1 Å². The first kappa shape index (κ1) is 27.1. The van der Waals surface area contributed by atoms with Crippen molar-refractivity contribution in [2.24, 2.45) is 11.1 Å². The first-order chi connectivity index (χ1) is 18.1. The molecule has 10 nitrogen and oxygen atoms in total. The van der Waals surface area contributed by atoms with E-state index in [0.29, 0.717) is 34.1 Å². The molecule has 0 saturated heterocycles. The zero-order valence-corrected chi connectivity index (χ0v) is 22.9. The number of nitrogens with zero attached hydrogens (tertiary/aromatic N) is 2. The third kappa shape index (κ3) is 5.91. The molecule has 0 amide bonds. The van der Waals surface area contributed by atoms with Crippen molar-refractivity contribution in [3.05, 3.63) is 73.8 Å². The van der Waals surface area contributed by atoms with E-state index in [1.54, 1.807) is 0 Å². The van der Waals surface area contributed by atoms with Gasteiger partial charge in [0, 0.05) is 34.6 Å². The molecule has 1 unspecified atom stereocenters. The van der Waals surface area contributed by atoms with Gasteiger partial charge in [0.05, 0.1) is 29.2 Å². The summed E-state index contributed by atoms with van der Waals surface area (Å²) in [5, 5.41) is 22.7. The lowest BCUT2D eigenvalue weighted by molar-refractivity contribution is 0.101. The van der Waals surface area contributed by atoms with E-state index < -0.39 is 22.3 Å². The zero-order valence-electron chi connectivity index (χ0n) is 20.6. The first-order valence-corrected chi connectivity index (χ1v) is 14.8. The highest BCUT2D eigenvalue weighted by Gasteiger charge is 2.35. The Morgan fingerprint density at radius 2 is 2.13 bits per heavy atom. The van der Waals surface area contributed by atoms with Gasteiger partial charge >= 0.3 is 10.3 Å². The molecule has 4 atom stereocenters. The number of carbonyl (C=O) groups is 1. The number of rotatable bonds is 8. The number of benzene rings is 1. The standard InChI is InChI=1S/C25H28ClN5O5S2/c1-13-18(23-19-7-16(26)3-2-14(19)4-5-29-23)9-22(37-13)24(33)20-10-28-12-30-25(20)31-17-6-15(21(32)8-17)11-36-38(27,34)35/h2-3,7,9-10,12,15,17,21,23,29,32H,4-6,8,11H2,1H3,(H2,27,34,35)(H,28,30,31)/t15-,17-,21+,23?/m1/s1. The second-order valence-electron chi connectivity index (χ2n) is 9.63. The van der Waals surface area contributed by atoms with Crippen molar-refractivity contribution in [2.75, 3.05) is 18.5 Å². The number of aliphatic hydroxyl groups excluding tert-OH is 1. The van der Waals surface area contributed by atoms with Crippen LogP contribution in [0.5, 0.6) is 0 Å². The van der Waals surface area contributed by atoms with Crippen LogP contribution in [0.15, 0.2) is 36.8 Å².